The molecule has 1 atom stereocenters. The molecule has 29 heavy (non-hydrogen) atoms. The van der Waals surface area contributed by atoms with Crippen LogP contribution >= 0.6 is 0 Å². The van der Waals surface area contributed by atoms with Gasteiger partial charge in [-0.05, 0) is 19.4 Å². The maximum atomic E-state index is 12.9. The van der Waals surface area contributed by atoms with Crippen LogP contribution in [0.2, 0.25) is 0 Å². The Bertz CT molecular complexity index is 933. The fourth-order valence-corrected chi connectivity index (χ4v) is 3.15. The molecule has 0 radical (unpaired) electrons. The molecule has 0 fully saturated rings. The van der Waals surface area contributed by atoms with Crippen LogP contribution in [0, 0.1) is 10.1 Å². The average Bonchev–Trinajstić information content (AvgIpc) is 2.70. The second-order valence-corrected chi connectivity index (χ2v) is 6.24. The number of nitrogens with zero attached hydrogens (tertiary/aromatic N) is 1. The number of rotatable bonds is 6. The SMILES string of the molecule is COC(=O)CNC(=O)C1=C(C)NC(C)=C(C(=O)OC)C1c1cccc([N+](=O)[O-])c1. The number of nitro groups is 1. The van der Waals surface area contributed by atoms with Crippen LogP contribution in [0.1, 0.15) is 25.3 Å². The number of non-ortho nitro benzene ring substituents is 1. The van der Waals surface area contributed by atoms with Gasteiger partial charge in [0, 0.05) is 29.1 Å². The van der Waals surface area contributed by atoms with Crippen molar-refractivity contribution in [1.82, 2.24) is 10.6 Å². The van der Waals surface area contributed by atoms with Gasteiger partial charge in [0.25, 0.3) is 5.69 Å². The summed E-state index contributed by atoms with van der Waals surface area (Å²) in [4.78, 5) is 47.4. The highest BCUT2D eigenvalue weighted by Gasteiger charge is 2.37. The first-order valence-electron chi connectivity index (χ1n) is 8.57. The normalized spacial score (nSPS) is 16.1. The molecule has 1 aliphatic heterocycles. The van der Waals surface area contributed by atoms with Crippen LogP contribution in [0.3, 0.4) is 0 Å². The summed E-state index contributed by atoms with van der Waals surface area (Å²) in [6, 6.07) is 5.67. The predicted octanol–water partition coefficient (Wildman–Crippen LogP) is 1.29. The number of ether oxygens (including phenoxy) is 2. The first kappa shape index (κ1) is 21.6. The minimum atomic E-state index is -0.929. The summed E-state index contributed by atoms with van der Waals surface area (Å²) in [6.07, 6.45) is 0. The quantitative estimate of drug-likeness (QED) is 0.412. The van der Waals surface area contributed by atoms with E-state index >= 15 is 0 Å². The van der Waals surface area contributed by atoms with Gasteiger partial charge in [0.2, 0.25) is 5.91 Å². The number of dihydropyridines is 1. The summed E-state index contributed by atoms with van der Waals surface area (Å²) in [6.45, 7) is 2.90. The van der Waals surface area contributed by atoms with Gasteiger partial charge in [-0.1, -0.05) is 12.1 Å². The van der Waals surface area contributed by atoms with Crippen molar-refractivity contribution in [1.29, 1.82) is 0 Å². The van der Waals surface area contributed by atoms with E-state index in [9.17, 15) is 24.5 Å². The number of methoxy groups -OCH3 is 2. The van der Waals surface area contributed by atoms with Crippen LogP contribution in [0.25, 0.3) is 0 Å². The topological polar surface area (TPSA) is 137 Å². The molecule has 0 saturated carbocycles. The van der Waals surface area contributed by atoms with Crippen LogP contribution in [0.4, 0.5) is 5.69 Å². The van der Waals surface area contributed by atoms with Crippen molar-refractivity contribution in [2.45, 2.75) is 19.8 Å². The van der Waals surface area contributed by atoms with E-state index in [0.29, 0.717) is 17.0 Å². The van der Waals surface area contributed by atoms with E-state index in [4.69, 9.17) is 4.74 Å². The Morgan fingerprint density at radius 2 is 1.79 bits per heavy atom. The van der Waals surface area contributed by atoms with E-state index in [1.165, 1.54) is 32.4 Å². The highest BCUT2D eigenvalue weighted by atomic mass is 16.6. The summed E-state index contributed by atoms with van der Waals surface area (Å²) >= 11 is 0. The maximum Gasteiger partial charge on any atom is 0.336 e. The lowest BCUT2D eigenvalue weighted by Gasteiger charge is -2.30. The van der Waals surface area contributed by atoms with Crippen molar-refractivity contribution in [3.63, 3.8) is 0 Å². The Balaban J connectivity index is 2.60. The minimum absolute atomic E-state index is 0.139. The van der Waals surface area contributed by atoms with Crippen molar-refractivity contribution in [2.75, 3.05) is 20.8 Å². The number of carbonyl (C=O) groups excluding carboxylic acids is 3. The summed E-state index contributed by atoms with van der Waals surface area (Å²) in [5.74, 6) is -2.88. The van der Waals surface area contributed by atoms with Gasteiger partial charge >= 0.3 is 11.9 Å². The standard InChI is InChI=1S/C19H21N3O7/c1-10-15(18(24)20-9-14(23)28-3)17(16(11(2)21-10)19(25)29-4)12-6-5-7-13(8-12)22(26)27/h5-8,17,21H,9H2,1-4H3,(H,20,24). The highest BCUT2D eigenvalue weighted by Crippen LogP contribution is 2.39. The summed E-state index contributed by atoms with van der Waals surface area (Å²) in [7, 11) is 2.39. The van der Waals surface area contributed by atoms with E-state index in [-0.39, 0.29) is 23.4 Å². The molecule has 0 saturated heterocycles. The van der Waals surface area contributed by atoms with Crippen molar-refractivity contribution < 1.29 is 28.8 Å². The molecule has 154 valence electrons. The molecule has 0 aromatic heterocycles. The number of carbonyl (C=O) groups is 3. The fraction of sp³-hybridized carbons (Fsp3) is 0.316. The third-order valence-electron chi connectivity index (χ3n) is 4.45. The molecule has 1 aromatic carbocycles. The van der Waals surface area contributed by atoms with Crippen molar-refractivity contribution in [3.05, 3.63) is 62.5 Å². The van der Waals surface area contributed by atoms with Gasteiger partial charge in [0.1, 0.15) is 6.54 Å². The summed E-state index contributed by atoms with van der Waals surface area (Å²) in [5, 5.41) is 16.6. The summed E-state index contributed by atoms with van der Waals surface area (Å²) < 4.78 is 9.39. The molecular weight excluding hydrogens is 382 g/mol. The lowest BCUT2D eigenvalue weighted by Crippen LogP contribution is -2.38. The average molecular weight is 403 g/mol. The molecule has 10 heteroatoms. The van der Waals surface area contributed by atoms with Gasteiger partial charge in [-0.3, -0.25) is 19.7 Å². The van der Waals surface area contributed by atoms with Crippen LogP contribution in [-0.2, 0) is 23.9 Å². The molecule has 0 aliphatic carbocycles. The van der Waals surface area contributed by atoms with Crippen LogP contribution in [0.15, 0.2) is 46.8 Å². The first-order valence-corrected chi connectivity index (χ1v) is 8.57. The van der Waals surface area contributed by atoms with E-state index in [1.54, 1.807) is 19.9 Å². The van der Waals surface area contributed by atoms with E-state index in [2.05, 4.69) is 15.4 Å². The Morgan fingerprint density at radius 3 is 2.38 bits per heavy atom. The zero-order valence-electron chi connectivity index (χ0n) is 16.4. The molecule has 1 aliphatic rings. The van der Waals surface area contributed by atoms with E-state index in [0.717, 1.165) is 0 Å². The largest absolute Gasteiger partial charge is 0.468 e. The second kappa shape index (κ2) is 9.00. The smallest absolute Gasteiger partial charge is 0.336 e. The number of allylic oxidation sites excluding steroid dienone is 2. The Morgan fingerprint density at radius 1 is 1.14 bits per heavy atom. The number of hydrogen-bond donors (Lipinski definition) is 2. The molecule has 1 unspecified atom stereocenters. The molecule has 0 bridgehead atoms. The minimum Gasteiger partial charge on any atom is -0.468 e. The molecule has 2 N–H and O–H groups in total. The molecule has 1 aromatic rings. The van der Waals surface area contributed by atoms with Gasteiger partial charge < -0.3 is 20.1 Å². The third kappa shape index (κ3) is 4.60. The monoisotopic (exact) mass is 403 g/mol. The van der Waals surface area contributed by atoms with E-state index < -0.39 is 28.7 Å². The first-order chi connectivity index (χ1) is 13.7. The van der Waals surface area contributed by atoms with Crippen LogP contribution in [0.5, 0.6) is 0 Å². The number of nitro benzene ring substituents is 1. The second-order valence-electron chi connectivity index (χ2n) is 6.24. The number of benzene rings is 1. The van der Waals surface area contributed by atoms with Crippen molar-refractivity contribution in [3.8, 4) is 0 Å². The predicted molar refractivity (Wildman–Crippen MR) is 101 cm³/mol. The zero-order chi connectivity index (χ0) is 21.7. The van der Waals surface area contributed by atoms with Gasteiger partial charge in [-0.15, -0.1) is 0 Å². The number of amides is 1. The Kier molecular flexibility index (Phi) is 6.71. The van der Waals surface area contributed by atoms with Gasteiger partial charge in [0.05, 0.1) is 30.6 Å². The highest BCUT2D eigenvalue weighted by molar-refractivity contribution is 6.02. The molecule has 2 rings (SSSR count). The van der Waals surface area contributed by atoms with Gasteiger partial charge in [-0.2, -0.15) is 0 Å². The Hall–Kier alpha value is -3.69. The van der Waals surface area contributed by atoms with Crippen LogP contribution < -0.4 is 10.6 Å². The zero-order valence-corrected chi connectivity index (χ0v) is 16.4. The molecule has 10 nitrogen and oxygen atoms in total. The third-order valence-corrected chi connectivity index (χ3v) is 4.45. The van der Waals surface area contributed by atoms with Gasteiger partial charge in [-0.25, -0.2) is 4.79 Å². The molecular formula is C19H21N3O7. The Labute approximate surface area is 166 Å². The molecule has 0 spiro atoms. The summed E-state index contributed by atoms with van der Waals surface area (Å²) in [5.41, 5.74) is 1.35. The molecule has 1 heterocycles. The fourth-order valence-electron chi connectivity index (χ4n) is 3.15. The van der Waals surface area contributed by atoms with Crippen molar-refractivity contribution in [2.24, 2.45) is 0 Å². The molecule has 1 amide bonds. The number of hydrogen-bond acceptors (Lipinski definition) is 8. The lowest BCUT2D eigenvalue weighted by atomic mass is 9.80. The van der Waals surface area contributed by atoms with Crippen LogP contribution in [-0.4, -0.2) is 43.5 Å². The van der Waals surface area contributed by atoms with Gasteiger partial charge in [0.15, 0.2) is 0 Å². The lowest BCUT2D eigenvalue weighted by molar-refractivity contribution is -0.384. The van der Waals surface area contributed by atoms with E-state index in [1.807, 2.05) is 0 Å². The maximum absolute atomic E-state index is 12.9. The number of esters is 2. The number of nitrogens with one attached hydrogen (secondary N) is 2. The van der Waals surface area contributed by atoms with Crippen molar-refractivity contribution >= 4 is 23.5 Å².